The van der Waals surface area contributed by atoms with Crippen molar-refractivity contribution < 1.29 is 28.6 Å². The Bertz CT molecular complexity index is 1230. The van der Waals surface area contributed by atoms with E-state index in [2.05, 4.69) is 79.9 Å². The molecule has 0 aromatic heterocycles. The molecule has 0 heterocycles. The predicted octanol–water partition coefficient (Wildman–Crippen LogP) is 6.20. The Kier molecular flexibility index (Phi) is 14.5. The summed E-state index contributed by atoms with van der Waals surface area (Å²) in [5.41, 5.74) is 14.3. The zero-order valence-corrected chi connectivity index (χ0v) is 30.5. The minimum atomic E-state index is -1.83. The molecule has 2 aliphatic carbocycles. The third-order valence-electron chi connectivity index (χ3n) is 11.2. The zero-order chi connectivity index (χ0) is 34.9. The van der Waals surface area contributed by atoms with Crippen LogP contribution in [0.15, 0.2) is 44.6 Å². The molecule has 0 radical (unpaired) electrons. The lowest BCUT2D eigenvalue weighted by molar-refractivity contribution is -0.174. The van der Waals surface area contributed by atoms with Gasteiger partial charge in [0.25, 0.3) is 11.6 Å². The molecule has 0 aliphatic heterocycles. The summed E-state index contributed by atoms with van der Waals surface area (Å²) >= 11 is 0. The van der Waals surface area contributed by atoms with E-state index < -0.39 is 17.6 Å². The lowest BCUT2D eigenvalue weighted by Gasteiger charge is -2.34. The van der Waals surface area contributed by atoms with Crippen LogP contribution in [0.25, 0.3) is 0 Å². The van der Waals surface area contributed by atoms with Crippen LogP contribution in [0.1, 0.15) is 115 Å². The summed E-state index contributed by atoms with van der Waals surface area (Å²) < 4.78 is 17.1. The monoisotopic (exact) mass is 643 g/mol. The minimum Gasteiger partial charge on any atom is -0.429 e. The molecule has 0 saturated heterocycles. The third-order valence-corrected chi connectivity index (χ3v) is 11.2. The maximum Gasteiger partial charge on any atom is 0.305 e. The highest BCUT2D eigenvalue weighted by Crippen LogP contribution is 2.50. The molecule has 9 nitrogen and oxygen atoms in total. The van der Waals surface area contributed by atoms with E-state index in [1.807, 2.05) is 0 Å². The van der Waals surface area contributed by atoms with Gasteiger partial charge in [0, 0.05) is 43.7 Å². The molecule has 0 spiro atoms. The average molecular weight is 644 g/mol. The van der Waals surface area contributed by atoms with Crippen molar-refractivity contribution in [3.63, 3.8) is 0 Å². The molecule has 4 N–H and O–H groups in total. The van der Waals surface area contributed by atoms with E-state index >= 15 is 0 Å². The standard InChI is InChI=1S/C37H61N3O6/c1-24-25(2)29(6)35(10,28(24)5)16-14-33(42)40-37(46-32(9)41,15-12-13-18-38)34(43)39-19-21-45-23-22-44-20-17-36(11)30(7)26(3)27(4)31(36)8/h12-23,38H2,1-11H3,(H,39,43)(H,40,42)/t37-/m0/s1. The van der Waals surface area contributed by atoms with Crippen molar-refractivity contribution >= 4 is 17.8 Å². The van der Waals surface area contributed by atoms with Crippen LogP contribution in [0.3, 0.4) is 0 Å². The third kappa shape index (κ3) is 8.98. The van der Waals surface area contributed by atoms with E-state index in [-0.39, 0.29) is 42.7 Å². The number of rotatable bonds is 19. The molecule has 9 heteroatoms. The molecule has 0 unspecified atom stereocenters. The van der Waals surface area contributed by atoms with E-state index in [9.17, 15) is 14.4 Å². The molecule has 260 valence electrons. The largest absolute Gasteiger partial charge is 0.429 e. The van der Waals surface area contributed by atoms with Gasteiger partial charge in [-0.2, -0.15) is 0 Å². The van der Waals surface area contributed by atoms with E-state index in [4.69, 9.17) is 19.9 Å². The van der Waals surface area contributed by atoms with Crippen molar-refractivity contribution in [3.05, 3.63) is 44.6 Å². The molecule has 2 amide bonds. The van der Waals surface area contributed by atoms with Crippen molar-refractivity contribution in [2.24, 2.45) is 16.6 Å². The molecule has 0 aromatic carbocycles. The molecular weight excluding hydrogens is 582 g/mol. The van der Waals surface area contributed by atoms with Crippen LogP contribution in [-0.4, -0.2) is 63.0 Å². The zero-order valence-electron chi connectivity index (χ0n) is 30.5. The van der Waals surface area contributed by atoms with E-state index in [0.717, 1.165) is 6.42 Å². The van der Waals surface area contributed by atoms with Gasteiger partial charge in [-0.15, -0.1) is 0 Å². The fraction of sp³-hybridized carbons (Fsp3) is 0.703. The Morgan fingerprint density at radius 3 is 1.67 bits per heavy atom. The highest BCUT2D eigenvalue weighted by atomic mass is 16.6. The van der Waals surface area contributed by atoms with Crippen molar-refractivity contribution in [3.8, 4) is 0 Å². The second-order valence-electron chi connectivity index (χ2n) is 13.6. The number of amides is 2. The number of carbonyl (C=O) groups is 3. The fourth-order valence-electron chi connectivity index (χ4n) is 6.84. The van der Waals surface area contributed by atoms with Crippen LogP contribution in [0.5, 0.6) is 0 Å². The first-order valence-corrected chi connectivity index (χ1v) is 16.9. The number of nitrogens with two attached hydrogens (primary N) is 1. The number of esters is 1. The van der Waals surface area contributed by atoms with Crippen LogP contribution in [-0.2, 0) is 28.6 Å². The Morgan fingerprint density at radius 1 is 0.717 bits per heavy atom. The molecule has 0 fully saturated rings. The quantitative estimate of drug-likeness (QED) is 0.0869. The van der Waals surface area contributed by atoms with Gasteiger partial charge in [0.05, 0.1) is 19.8 Å². The summed E-state index contributed by atoms with van der Waals surface area (Å²) in [6.45, 7) is 25.2. The molecular formula is C37H61N3O6. The average Bonchev–Trinajstić information content (AvgIpc) is 3.25. The van der Waals surface area contributed by atoms with E-state index in [1.54, 1.807) is 0 Å². The number of allylic oxidation sites excluding steroid dienone is 8. The van der Waals surface area contributed by atoms with E-state index in [1.165, 1.54) is 51.5 Å². The molecule has 2 rings (SSSR count). The topological polar surface area (TPSA) is 129 Å². The van der Waals surface area contributed by atoms with Gasteiger partial charge in [0.1, 0.15) is 0 Å². The normalized spacial score (nSPS) is 18.8. The number of hydrogen-bond acceptors (Lipinski definition) is 7. The number of ether oxygens (including phenoxy) is 3. The molecule has 46 heavy (non-hydrogen) atoms. The summed E-state index contributed by atoms with van der Waals surface area (Å²) in [6, 6.07) is 0. The lowest BCUT2D eigenvalue weighted by atomic mass is 9.75. The van der Waals surface area contributed by atoms with Crippen molar-refractivity contribution in [2.45, 2.75) is 120 Å². The second kappa shape index (κ2) is 16.9. The fourth-order valence-corrected chi connectivity index (χ4v) is 6.84. The smallest absolute Gasteiger partial charge is 0.305 e. The number of unbranched alkanes of at least 4 members (excludes halogenated alkanes) is 1. The first-order valence-electron chi connectivity index (χ1n) is 16.9. The van der Waals surface area contributed by atoms with Crippen LogP contribution in [0.4, 0.5) is 0 Å². The number of carbonyl (C=O) groups excluding carboxylic acids is 3. The lowest BCUT2D eigenvalue weighted by Crippen LogP contribution is -2.61. The highest BCUT2D eigenvalue weighted by molar-refractivity contribution is 5.92. The van der Waals surface area contributed by atoms with Crippen molar-refractivity contribution in [1.82, 2.24) is 10.6 Å². The predicted molar refractivity (Wildman–Crippen MR) is 184 cm³/mol. The molecule has 0 aromatic rings. The highest BCUT2D eigenvalue weighted by Gasteiger charge is 2.44. The number of hydrogen-bond donors (Lipinski definition) is 3. The van der Waals surface area contributed by atoms with Crippen LogP contribution in [0, 0.1) is 10.8 Å². The summed E-state index contributed by atoms with van der Waals surface area (Å²) in [7, 11) is 0. The Morgan fingerprint density at radius 2 is 1.20 bits per heavy atom. The maximum absolute atomic E-state index is 13.5. The van der Waals surface area contributed by atoms with Gasteiger partial charge >= 0.3 is 5.97 Å². The van der Waals surface area contributed by atoms with Crippen molar-refractivity contribution in [1.29, 1.82) is 0 Å². The molecule has 1 atom stereocenters. The van der Waals surface area contributed by atoms with Crippen LogP contribution >= 0.6 is 0 Å². The summed E-state index contributed by atoms with van der Waals surface area (Å²) in [5.74, 6) is -1.59. The first-order chi connectivity index (χ1) is 21.5. The summed E-state index contributed by atoms with van der Waals surface area (Å²) in [4.78, 5) is 39.1. The Labute approximate surface area is 277 Å². The minimum absolute atomic E-state index is 0.0336. The van der Waals surface area contributed by atoms with Gasteiger partial charge < -0.3 is 30.6 Å². The van der Waals surface area contributed by atoms with Gasteiger partial charge in [-0.25, -0.2) is 0 Å². The molecule has 0 saturated carbocycles. The van der Waals surface area contributed by atoms with Gasteiger partial charge in [-0.3, -0.25) is 14.4 Å². The summed E-state index contributed by atoms with van der Waals surface area (Å²) in [5, 5.41) is 5.59. The van der Waals surface area contributed by atoms with Gasteiger partial charge in [-0.1, -0.05) is 36.1 Å². The van der Waals surface area contributed by atoms with Crippen LogP contribution in [0.2, 0.25) is 0 Å². The molecule has 0 bridgehead atoms. The second-order valence-corrected chi connectivity index (χ2v) is 13.6. The first kappa shape index (κ1) is 39.4. The maximum atomic E-state index is 13.5. The Balaban J connectivity index is 1.91. The van der Waals surface area contributed by atoms with Gasteiger partial charge in [0.15, 0.2) is 0 Å². The number of nitrogens with one attached hydrogen (secondary N) is 2. The molecule has 2 aliphatic rings. The van der Waals surface area contributed by atoms with Crippen LogP contribution < -0.4 is 16.4 Å². The van der Waals surface area contributed by atoms with Crippen molar-refractivity contribution in [2.75, 3.05) is 39.5 Å². The van der Waals surface area contributed by atoms with Gasteiger partial charge in [0.2, 0.25) is 5.91 Å². The summed E-state index contributed by atoms with van der Waals surface area (Å²) in [6.07, 6.45) is 2.89. The van der Waals surface area contributed by atoms with Gasteiger partial charge in [-0.05, 0) is 110 Å². The van der Waals surface area contributed by atoms with E-state index in [0.29, 0.717) is 45.6 Å². The SMILES string of the molecule is CC(=O)O[C@](CCCCN)(NC(=O)CCC1(C)C(C)=C(C)C(C)=C1C)C(=O)NCCOCCOCCC1(C)C(C)=C(C)C(C)=C1C. The Hall–Kier alpha value is -2.75.